The van der Waals surface area contributed by atoms with Gasteiger partial charge in [-0.1, -0.05) is 18.2 Å². The third-order valence-electron chi connectivity index (χ3n) is 4.28. The molecule has 1 aromatic heterocycles. The van der Waals surface area contributed by atoms with Crippen molar-refractivity contribution in [3.8, 4) is 5.75 Å². The summed E-state index contributed by atoms with van der Waals surface area (Å²) in [6.45, 7) is 2.69. The molecule has 8 heteroatoms. The lowest BCUT2D eigenvalue weighted by Gasteiger charge is -2.33. The Labute approximate surface area is 160 Å². The van der Waals surface area contributed by atoms with Crippen LogP contribution in [0.25, 0.3) is 6.08 Å². The number of hydrogen-bond donors (Lipinski definition) is 0. The Morgan fingerprint density at radius 1 is 1.30 bits per heavy atom. The minimum Gasteiger partial charge on any atom is -0.434 e. The molecule has 2 aromatic rings. The predicted octanol–water partition coefficient (Wildman–Crippen LogP) is 3.41. The predicted molar refractivity (Wildman–Crippen MR) is 101 cm³/mol. The number of piperazine rings is 1. The second kappa shape index (κ2) is 9.05. The number of carbonyl (C=O) groups is 1. The summed E-state index contributed by atoms with van der Waals surface area (Å²) in [5.74, 6) is -0.0778. The van der Waals surface area contributed by atoms with Gasteiger partial charge in [0.2, 0.25) is 5.91 Å². The van der Waals surface area contributed by atoms with Crippen molar-refractivity contribution in [2.75, 3.05) is 26.2 Å². The third kappa shape index (κ3) is 5.58. The van der Waals surface area contributed by atoms with E-state index < -0.39 is 6.61 Å². The van der Waals surface area contributed by atoms with Crippen LogP contribution in [0.4, 0.5) is 8.78 Å². The van der Waals surface area contributed by atoms with Crippen LogP contribution in [0.3, 0.4) is 0 Å². The van der Waals surface area contributed by atoms with E-state index in [0.717, 1.165) is 30.3 Å². The number of aromatic nitrogens is 1. The quantitative estimate of drug-likeness (QED) is 0.706. The molecule has 0 spiro atoms. The first-order chi connectivity index (χ1) is 13.0. The molecule has 0 unspecified atom stereocenters. The monoisotopic (exact) mass is 393 g/mol. The number of aryl methyl sites for hydroxylation is 1. The molecule has 1 aromatic carbocycles. The van der Waals surface area contributed by atoms with Gasteiger partial charge in [-0.05, 0) is 19.1 Å². The minimum absolute atomic E-state index is 0.0555. The summed E-state index contributed by atoms with van der Waals surface area (Å²) in [4.78, 5) is 20.9. The number of halogens is 2. The van der Waals surface area contributed by atoms with Crippen LogP contribution in [0.1, 0.15) is 16.3 Å². The normalized spacial score (nSPS) is 15.6. The molecule has 1 aliphatic rings. The fraction of sp³-hybridized carbons (Fsp3) is 0.368. The molecule has 1 saturated heterocycles. The summed E-state index contributed by atoms with van der Waals surface area (Å²) in [5, 5.41) is 3.12. The molecule has 144 valence electrons. The first-order valence-corrected chi connectivity index (χ1v) is 9.53. The molecule has 1 aliphatic heterocycles. The lowest BCUT2D eigenvalue weighted by atomic mass is 10.2. The lowest BCUT2D eigenvalue weighted by molar-refractivity contribution is -0.127. The summed E-state index contributed by atoms with van der Waals surface area (Å²) in [6, 6.07) is 6.41. The van der Waals surface area contributed by atoms with Crippen LogP contribution in [-0.4, -0.2) is 53.5 Å². The Balaban J connectivity index is 1.53. The first kappa shape index (κ1) is 19.4. The topological polar surface area (TPSA) is 45.7 Å². The van der Waals surface area contributed by atoms with E-state index in [0.29, 0.717) is 18.7 Å². The largest absolute Gasteiger partial charge is 0.434 e. The first-order valence-electron chi connectivity index (χ1n) is 8.65. The molecule has 1 fully saturated rings. The van der Waals surface area contributed by atoms with Crippen LogP contribution in [0, 0.1) is 6.92 Å². The molecule has 5 nitrogen and oxygen atoms in total. The van der Waals surface area contributed by atoms with E-state index in [1.54, 1.807) is 34.4 Å². The van der Waals surface area contributed by atoms with Crippen LogP contribution >= 0.6 is 11.3 Å². The molecule has 0 N–H and O–H groups in total. The van der Waals surface area contributed by atoms with Crippen molar-refractivity contribution in [3.63, 3.8) is 0 Å². The van der Waals surface area contributed by atoms with Gasteiger partial charge in [0.05, 0.1) is 10.7 Å². The number of hydrogen-bond acceptors (Lipinski definition) is 5. The number of thiazole rings is 1. The van der Waals surface area contributed by atoms with E-state index in [1.807, 2.05) is 6.92 Å². The highest BCUT2D eigenvalue weighted by Gasteiger charge is 2.20. The number of benzene rings is 1. The average Bonchev–Trinajstić information content (AvgIpc) is 3.05. The molecular weight excluding hydrogens is 372 g/mol. The second-order valence-electron chi connectivity index (χ2n) is 6.21. The van der Waals surface area contributed by atoms with Gasteiger partial charge in [-0.3, -0.25) is 9.69 Å². The Bertz CT molecular complexity index is 802. The fourth-order valence-electron chi connectivity index (χ4n) is 2.92. The van der Waals surface area contributed by atoms with E-state index in [-0.39, 0.29) is 11.7 Å². The van der Waals surface area contributed by atoms with Crippen molar-refractivity contribution < 1.29 is 18.3 Å². The van der Waals surface area contributed by atoms with Crippen LogP contribution < -0.4 is 4.74 Å². The van der Waals surface area contributed by atoms with Crippen LogP contribution in [0.5, 0.6) is 5.75 Å². The number of nitrogens with zero attached hydrogens (tertiary/aromatic N) is 3. The van der Waals surface area contributed by atoms with Crippen molar-refractivity contribution in [1.82, 2.24) is 14.8 Å². The van der Waals surface area contributed by atoms with Crippen LogP contribution in [0.15, 0.2) is 35.7 Å². The Hall–Kier alpha value is -2.32. The van der Waals surface area contributed by atoms with Crippen LogP contribution in [0.2, 0.25) is 0 Å². The zero-order valence-corrected chi connectivity index (χ0v) is 15.8. The molecule has 0 aliphatic carbocycles. The molecule has 0 atom stereocenters. The fourth-order valence-corrected chi connectivity index (χ4v) is 3.53. The zero-order valence-electron chi connectivity index (χ0n) is 15.0. The van der Waals surface area contributed by atoms with Crippen molar-refractivity contribution in [2.24, 2.45) is 0 Å². The van der Waals surface area contributed by atoms with E-state index in [4.69, 9.17) is 0 Å². The smallest absolute Gasteiger partial charge is 0.387 e. The van der Waals surface area contributed by atoms with E-state index >= 15 is 0 Å². The van der Waals surface area contributed by atoms with Gasteiger partial charge in [-0.2, -0.15) is 8.78 Å². The lowest BCUT2D eigenvalue weighted by Crippen LogP contribution is -2.47. The van der Waals surface area contributed by atoms with Gasteiger partial charge in [0.25, 0.3) is 0 Å². The maximum atomic E-state index is 12.5. The Morgan fingerprint density at radius 3 is 2.70 bits per heavy atom. The number of para-hydroxylation sites is 1. The number of carbonyl (C=O) groups excluding carboxylic acids is 1. The summed E-state index contributed by atoms with van der Waals surface area (Å²) < 4.78 is 29.4. The molecule has 3 rings (SSSR count). The molecule has 0 bridgehead atoms. The standard InChI is InChI=1S/C19H21F2N3O2S/c1-14-22-16(13-27-14)12-23-8-10-24(11-9-23)18(25)7-6-15-4-2-3-5-17(15)26-19(20)21/h2-7,13,19H,8-12H2,1H3/b7-6+. The molecule has 0 radical (unpaired) electrons. The minimum atomic E-state index is -2.90. The van der Waals surface area contributed by atoms with Gasteiger partial charge < -0.3 is 9.64 Å². The highest BCUT2D eigenvalue weighted by molar-refractivity contribution is 7.09. The summed E-state index contributed by atoms with van der Waals surface area (Å²) in [5.41, 5.74) is 1.51. The van der Waals surface area contributed by atoms with E-state index in [1.165, 1.54) is 18.2 Å². The number of rotatable bonds is 6. The summed E-state index contributed by atoms with van der Waals surface area (Å²) >= 11 is 1.64. The maximum absolute atomic E-state index is 12.5. The highest BCUT2D eigenvalue weighted by atomic mass is 32.1. The summed E-state index contributed by atoms with van der Waals surface area (Å²) in [7, 11) is 0. The van der Waals surface area contributed by atoms with Gasteiger partial charge >= 0.3 is 6.61 Å². The van der Waals surface area contributed by atoms with E-state index in [9.17, 15) is 13.6 Å². The third-order valence-corrected chi connectivity index (χ3v) is 5.10. The second-order valence-corrected chi connectivity index (χ2v) is 7.27. The molecule has 2 heterocycles. The van der Waals surface area contributed by atoms with Gasteiger partial charge in [-0.15, -0.1) is 11.3 Å². The van der Waals surface area contributed by atoms with Crippen molar-refractivity contribution in [3.05, 3.63) is 52.0 Å². The zero-order chi connectivity index (χ0) is 19.2. The molecule has 1 amide bonds. The maximum Gasteiger partial charge on any atom is 0.387 e. The number of alkyl halides is 2. The van der Waals surface area contributed by atoms with Gasteiger partial charge in [-0.25, -0.2) is 4.98 Å². The van der Waals surface area contributed by atoms with E-state index in [2.05, 4.69) is 20.0 Å². The van der Waals surface area contributed by atoms with Crippen molar-refractivity contribution in [1.29, 1.82) is 0 Å². The Morgan fingerprint density at radius 2 is 2.04 bits per heavy atom. The highest BCUT2D eigenvalue weighted by Crippen LogP contribution is 2.21. The summed E-state index contributed by atoms with van der Waals surface area (Å²) in [6.07, 6.45) is 2.93. The SMILES string of the molecule is Cc1nc(CN2CCN(C(=O)/C=C/c3ccccc3OC(F)F)CC2)cs1. The van der Waals surface area contributed by atoms with Crippen molar-refractivity contribution in [2.45, 2.75) is 20.1 Å². The van der Waals surface area contributed by atoms with Crippen LogP contribution in [-0.2, 0) is 11.3 Å². The molecule has 27 heavy (non-hydrogen) atoms. The van der Waals surface area contributed by atoms with Crippen molar-refractivity contribution >= 4 is 23.3 Å². The number of ether oxygens (including phenoxy) is 1. The van der Waals surface area contributed by atoms with Gasteiger partial charge in [0.15, 0.2) is 0 Å². The Kier molecular flexibility index (Phi) is 6.52. The van der Waals surface area contributed by atoms with Gasteiger partial charge in [0, 0.05) is 49.7 Å². The van der Waals surface area contributed by atoms with Gasteiger partial charge in [0.1, 0.15) is 5.75 Å². The number of amides is 1. The molecular formula is C19H21F2N3O2S. The molecule has 0 saturated carbocycles. The average molecular weight is 393 g/mol.